The van der Waals surface area contributed by atoms with E-state index in [4.69, 9.17) is 5.11 Å². The zero-order valence-corrected chi connectivity index (χ0v) is 19.4. The minimum Gasteiger partial charge on any atom is -0.465 e. The predicted octanol–water partition coefficient (Wildman–Crippen LogP) is 5.13. The van der Waals surface area contributed by atoms with E-state index in [-0.39, 0.29) is 23.5 Å². The number of halogens is 4. The molecule has 0 aliphatic heterocycles. The van der Waals surface area contributed by atoms with E-state index in [0.717, 1.165) is 10.7 Å². The van der Waals surface area contributed by atoms with Crippen LogP contribution in [-0.2, 0) is 12.7 Å². The number of carbonyl (C=O) groups is 2. The first-order chi connectivity index (χ1) is 18.0. The summed E-state index contributed by atoms with van der Waals surface area (Å²) in [4.78, 5) is 23.8. The van der Waals surface area contributed by atoms with Crippen LogP contribution in [0.2, 0.25) is 0 Å². The molecule has 0 aliphatic carbocycles. The summed E-state index contributed by atoms with van der Waals surface area (Å²) in [5.41, 5.74) is -1.02. The zero-order chi connectivity index (χ0) is 27.4. The number of rotatable bonds is 7. The van der Waals surface area contributed by atoms with E-state index in [9.17, 15) is 32.3 Å². The zero-order valence-electron chi connectivity index (χ0n) is 19.4. The van der Waals surface area contributed by atoms with Crippen LogP contribution in [0.15, 0.2) is 78.9 Å². The van der Waals surface area contributed by atoms with E-state index in [1.165, 1.54) is 36.4 Å². The van der Waals surface area contributed by atoms with Gasteiger partial charge in [-0.15, -0.1) is 0 Å². The second-order valence-electron chi connectivity index (χ2n) is 8.16. The molecule has 1 unspecified atom stereocenters. The number of aromatic nitrogens is 2. The van der Waals surface area contributed by atoms with Gasteiger partial charge in [0.1, 0.15) is 17.6 Å². The van der Waals surface area contributed by atoms with Crippen molar-refractivity contribution in [3.8, 4) is 5.69 Å². The summed E-state index contributed by atoms with van der Waals surface area (Å²) in [5, 5.41) is 27.2. The van der Waals surface area contributed by atoms with Crippen LogP contribution in [0, 0.1) is 5.82 Å². The van der Waals surface area contributed by atoms with Crippen molar-refractivity contribution in [2.24, 2.45) is 0 Å². The monoisotopic (exact) mass is 528 g/mol. The van der Waals surface area contributed by atoms with E-state index in [1.807, 2.05) is 0 Å². The van der Waals surface area contributed by atoms with Gasteiger partial charge in [-0.25, -0.2) is 13.9 Å². The first kappa shape index (κ1) is 26.4. The molecule has 3 aromatic carbocycles. The molecular weight excluding hydrogens is 508 g/mol. The van der Waals surface area contributed by atoms with Crippen molar-refractivity contribution in [1.29, 1.82) is 0 Å². The van der Waals surface area contributed by atoms with Crippen LogP contribution in [0.3, 0.4) is 0 Å². The third-order valence-corrected chi connectivity index (χ3v) is 5.50. The molecule has 0 fully saturated rings. The van der Waals surface area contributed by atoms with Gasteiger partial charge in [0.2, 0.25) is 0 Å². The van der Waals surface area contributed by atoms with E-state index in [1.54, 1.807) is 30.3 Å². The molecule has 0 aliphatic rings. The molecule has 2 amide bonds. The lowest BCUT2D eigenvalue weighted by molar-refractivity contribution is -0.141. The Morgan fingerprint density at radius 3 is 2.34 bits per heavy atom. The standard InChI is InChI=1S/C26H20F4N4O4/c27-19-12-17(23(35)16-6-2-1-3-7-16)9-10-20(19)32-24(36)21-13-22(26(28,29)30)33-34(21)18-8-4-5-15(11-18)14-31-25(37)38/h1-13,23,31,35H,14H2,(H,32,36)(H,37,38). The van der Waals surface area contributed by atoms with Crippen LogP contribution < -0.4 is 10.6 Å². The first-order valence-corrected chi connectivity index (χ1v) is 11.1. The van der Waals surface area contributed by atoms with E-state index >= 15 is 0 Å². The second kappa shape index (κ2) is 10.7. The molecule has 196 valence electrons. The summed E-state index contributed by atoms with van der Waals surface area (Å²) in [6, 6.07) is 18.4. The van der Waals surface area contributed by atoms with Crippen molar-refractivity contribution < 1.29 is 37.4 Å². The molecular formula is C26H20F4N4O4. The van der Waals surface area contributed by atoms with Gasteiger partial charge in [0.25, 0.3) is 5.91 Å². The second-order valence-corrected chi connectivity index (χ2v) is 8.16. The Labute approximate surface area is 213 Å². The number of hydrogen-bond donors (Lipinski definition) is 4. The predicted molar refractivity (Wildman–Crippen MR) is 128 cm³/mol. The molecule has 12 heteroatoms. The van der Waals surface area contributed by atoms with Crippen molar-refractivity contribution in [2.75, 3.05) is 5.32 Å². The maximum Gasteiger partial charge on any atom is 0.435 e. The van der Waals surface area contributed by atoms with Crippen LogP contribution >= 0.6 is 0 Å². The van der Waals surface area contributed by atoms with E-state index < -0.39 is 41.5 Å². The van der Waals surface area contributed by atoms with Gasteiger partial charge in [-0.05, 0) is 41.0 Å². The van der Waals surface area contributed by atoms with Crippen molar-refractivity contribution in [1.82, 2.24) is 15.1 Å². The number of anilines is 1. The highest BCUT2D eigenvalue weighted by Gasteiger charge is 2.36. The van der Waals surface area contributed by atoms with Crippen LogP contribution in [0.5, 0.6) is 0 Å². The maximum atomic E-state index is 14.8. The molecule has 0 spiro atoms. The topological polar surface area (TPSA) is 116 Å². The lowest BCUT2D eigenvalue weighted by atomic mass is 10.0. The highest BCUT2D eigenvalue weighted by Crippen LogP contribution is 2.31. The lowest BCUT2D eigenvalue weighted by Crippen LogP contribution is -2.20. The number of carboxylic acid groups (broad SMARTS) is 1. The summed E-state index contributed by atoms with van der Waals surface area (Å²) in [6.45, 7) is -0.134. The molecule has 1 atom stereocenters. The molecule has 1 heterocycles. The number of nitrogens with one attached hydrogen (secondary N) is 2. The molecule has 4 rings (SSSR count). The summed E-state index contributed by atoms with van der Waals surface area (Å²) >= 11 is 0. The van der Waals surface area contributed by atoms with Crippen molar-refractivity contribution in [3.05, 3.63) is 113 Å². The normalized spacial score (nSPS) is 12.1. The minimum atomic E-state index is -4.87. The van der Waals surface area contributed by atoms with Crippen molar-refractivity contribution in [2.45, 2.75) is 18.8 Å². The Hall–Kier alpha value is -4.71. The third kappa shape index (κ3) is 5.98. The Bertz CT molecular complexity index is 1470. The summed E-state index contributed by atoms with van der Waals surface area (Å²) < 4.78 is 55.9. The highest BCUT2D eigenvalue weighted by atomic mass is 19.4. The number of hydrogen-bond acceptors (Lipinski definition) is 4. The Morgan fingerprint density at radius 1 is 0.947 bits per heavy atom. The summed E-state index contributed by atoms with van der Waals surface area (Å²) in [5.74, 6) is -1.98. The Balaban J connectivity index is 1.63. The van der Waals surface area contributed by atoms with Gasteiger partial charge in [0, 0.05) is 12.6 Å². The van der Waals surface area contributed by atoms with Crippen molar-refractivity contribution >= 4 is 17.7 Å². The molecule has 0 radical (unpaired) electrons. The van der Waals surface area contributed by atoms with E-state index in [0.29, 0.717) is 17.2 Å². The quantitative estimate of drug-likeness (QED) is 0.248. The lowest BCUT2D eigenvalue weighted by Gasteiger charge is -2.14. The van der Waals surface area contributed by atoms with Crippen LogP contribution in [-0.4, -0.2) is 32.0 Å². The van der Waals surface area contributed by atoms with Gasteiger partial charge in [-0.3, -0.25) is 4.79 Å². The molecule has 0 saturated heterocycles. The highest BCUT2D eigenvalue weighted by molar-refractivity contribution is 6.03. The SMILES string of the molecule is O=C(O)NCc1cccc(-n2nc(C(F)(F)F)cc2C(=O)Nc2ccc(C(O)c3ccccc3)cc2F)c1. The van der Waals surface area contributed by atoms with E-state index in [2.05, 4.69) is 15.7 Å². The Morgan fingerprint density at radius 2 is 1.68 bits per heavy atom. The number of aliphatic hydroxyl groups excluding tert-OH is 1. The number of nitrogens with zero attached hydrogens (tertiary/aromatic N) is 2. The fourth-order valence-corrected chi connectivity index (χ4v) is 3.67. The third-order valence-electron chi connectivity index (χ3n) is 5.50. The maximum absolute atomic E-state index is 14.8. The summed E-state index contributed by atoms with van der Waals surface area (Å²) in [7, 11) is 0. The smallest absolute Gasteiger partial charge is 0.435 e. The number of alkyl halides is 3. The largest absolute Gasteiger partial charge is 0.465 e. The van der Waals surface area contributed by atoms with Gasteiger partial charge in [0.15, 0.2) is 5.69 Å². The van der Waals surface area contributed by atoms with Gasteiger partial charge < -0.3 is 20.8 Å². The average molecular weight is 528 g/mol. The molecule has 38 heavy (non-hydrogen) atoms. The summed E-state index contributed by atoms with van der Waals surface area (Å²) in [6.07, 6.45) is -7.30. The van der Waals surface area contributed by atoms with Crippen molar-refractivity contribution in [3.63, 3.8) is 0 Å². The molecule has 1 aromatic heterocycles. The number of amides is 2. The van der Waals surface area contributed by atoms with Gasteiger partial charge in [-0.2, -0.15) is 18.3 Å². The molecule has 0 saturated carbocycles. The first-order valence-electron chi connectivity index (χ1n) is 11.1. The average Bonchev–Trinajstić information content (AvgIpc) is 3.35. The number of carbonyl (C=O) groups excluding carboxylic acids is 1. The fraction of sp³-hybridized carbons (Fsp3) is 0.115. The van der Waals surface area contributed by atoms with Crippen LogP contribution in [0.4, 0.5) is 28.0 Å². The number of aliphatic hydroxyl groups is 1. The molecule has 4 aromatic rings. The van der Waals surface area contributed by atoms with Gasteiger partial charge >= 0.3 is 12.3 Å². The van der Waals surface area contributed by atoms with Gasteiger partial charge in [0.05, 0.1) is 11.4 Å². The molecule has 4 N–H and O–H groups in total. The van der Waals surface area contributed by atoms with Crippen LogP contribution in [0.25, 0.3) is 5.69 Å². The number of benzene rings is 3. The van der Waals surface area contributed by atoms with Crippen LogP contribution in [0.1, 0.15) is 39.0 Å². The molecule has 8 nitrogen and oxygen atoms in total. The fourth-order valence-electron chi connectivity index (χ4n) is 3.67. The molecule has 0 bridgehead atoms. The Kier molecular flexibility index (Phi) is 7.44. The van der Waals surface area contributed by atoms with Gasteiger partial charge in [-0.1, -0.05) is 48.5 Å². The minimum absolute atomic E-state index is 0.0529.